The summed E-state index contributed by atoms with van der Waals surface area (Å²) >= 11 is 0. The van der Waals surface area contributed by atoms with E-state index < -0.39 is 20.7 Å². The molecule has 3 unspecified atom stereocenters. The van der Waals surface area contributed by atoms with E-state index in [1.807, 2.05) is 0 Å². The first-order chi connectivity index (χ1) is 8.62. The number of carbonyl (C=O) groups is 1. The summed E-state index contributed by atoms with van der Waals surface area (Å²) in [7, 11) is -1.17. The highest BCUT2D eigenvalue weighted by Gasteiger charge is 2.60. The molecule has 1 fully saturated rings. The Labute approximate surface area is 116 Å². The van der Waals surface area contributed by atoms with Crippen LogP contribution in [0, 0.1) is 28.6 Å². The highest BCUT2D eigenvalue weighted by molar-refractivity contribution is 6.48. The Morgan fingerprint density at radius 1 is 1.53 bits per heavy atom. The average molecular weight is 284 g/mol. The Kier molecular flexibility index (Phi) is 4.64. The van der Waals surface area contributed by atoms with E-state index in [1.54, 1.807) is 0 Å². The van der Waals surface area contributed by atoms with Crippen LogP contribution in [0.3, 0.4) is 0 Å². The molecule has 1 saturated carbocycles. The van der Waals surface area contributed by atoms with Crippen LogP contribution >= 0.6 is 0 Å². The first-order valence-electron chi connectivity index (χ1n) is 6.63. The minimum Gasteiger partial charge on any atom is -0.427 e. The van der Waals surface area contributed by atoms with Crippen molar-refractivity contribution in [3.63, 3.8) is 0 Å². The van der Waals surface area contributed by atoms with E-state index >= 15 is 0 Å². The molecule has 2 N–H and O–H groups in total. The highest BCUT2D eigenvalue weighted by Crippen LogP contribution is 2.54. The molecule has 0 saturated heterocycles. The van der Waals surface area contributed by atoms with Gasteiger partial charge in [-0.05, 0) is 24.4 Å². The third kappa shape index (κ3) is 3.48. The van der Waals surface area contributed by atoms with Crippen LogP contribution < -0.4 is 5.73 Å². The number of hydrogen-bond acceptors (Lipinski definition) is 4. The van der Waals surface area contributed by atoms with Crippen LogP contribution in [0.2, 0.25) is 13.1 Å². The highest BCUT2D eigenvalue weighted by atomic mass is 28.3. The van der Waals surface area contributed by atoms with Crippen LogP contribution in [0.4, 0.5) is 4.79 Å². The summed E-state index contributed by atoms with van der Waals surface area (Å²) in [5, 5.41) is 9.38. The lowest BCUT2D eigenvalue weighted by molar-refractivity contribution is -0.145. The lowest BCUT2D eigenvalue weighted by Crippen LogP contribution is -2.61. The van der Waals surface area contributed by atoms with Gasteiger partial charge in [0.15, 0.2) is 9.04 Å². The summed E-state index contributed by atoms with van der Waals surface area (Å²) in [5.41, 5.74) is 4.04. The van der Waals surface area contributed by atoms with Crippen LogP contribution in [-0.4, -0.2) is 27.3 Å². The van der Waals surface area contributed by atoms with Crippen molar-refractivity contribution in [1.29, 1.82) is 5.26 Å². The van der Waals surface area contributed by atoms with E-state index in [0.29, 0.717) is 18.9 Å². The first-order valence-corrected chi connectivity index (χ1v) is 9.42. The smallest absolute Gasteiger partial charge is 0.406 e. The van der Waals surface area contributed by atoms with Gasteiger partial charge >= 0.3 is 6.09 Å². The molecule has 108 valence electrons. The molecule has 6 heteroatoms. The number of nitrogens with two attached hydrogens (primary N) is 1. The molecule has 19 heavy (non-hydrogen) atoms. The minimum atomic E-state index is -1.17. The minimum absolute atomic E-state index is 0.0495. The predicted octanol–water partition coefficient (Wildman–Crippen LogP) is 2.03. The van der Waals surface area contributed by atoms with Gasteiger partial charge in [0.05, 0.1) is 0 Å². The zero-order valence-corrected chi connectivity index (χ0v) is 13.6. The SMILES string of the molecule is C[SiH](C)OCC1C(C(C)(C)C)CC1(C#N)OC(N)=O. The van der Waals surface area contributed by atoms with Gasteiger partial charge in [0.2, 0.25) is 5.60 Å². The summed E-state index contributed by atoms with van der Waals surface area (Å²) in [4.78, 5) is 11.0. The topological polar surface area (TPSA) is 85.3 Å². The monoisotopic (exact) mass is 284 g/mol. The quantitative estimate of drug-likeness (QED) is 0.800. The van der Waals surface area contributed by atoms with Crippen molar-refractivity contribution in [3.8, 4) is 6.07 Å². The van der Waals surface area contributed by atoms with Crippen LogP contribution in [0.1, 0.15) is 27.2 Å². The predicted molar refractivity (Wildman–Crippen MR) is 74.9 cm³/mol. The normalized spacial score (nSPS) is 30.6. The Bertz CT molecular complexity index is 386. The molecule has 0 aliphatic heterocycles. The van der Waals surface area contributed by atoms with Crippen LogP contribution in [0.5, 0.6) is 0 Å². The lowest BCUT2D eigenvalue weighted by Gasteiger charge is -2.54. The van der Waals surface area contributed by atoms with E-state index in [2.05, 4.69) is 39.9 Å². The number of amides is 1. The molecule has 0 bridgehead atoms. The van der Waals surface area contributed by atoms with Gasteiger partial charge < -0.3 is 14.9 Å². The van der Waals surface area contributed by atoms with Crippen molar-refractivity contribution in [1.82, 2.24) is 0 Å². The molecule has 0 radical (unpaired) electrons. The lowest BCUT2D eigenvalue weighted by atomic mass is 9.54. The molecular weight excluding hydrogens is 260 g/mol. The van der Waals surface area contributed by atoms with Gasteiger partial charge in [0.25, 0.3) is 0 Å². The zero-order valence-electron chi connectivity index (χ0n) is 12.4. The molecular formula is C13H24N2O3Si. The Hall–Kier alpha value is -1.06. The van der Waals surface area contributed by atoms with Gasteiger partial charge in [0.1, 0.15) is 6.07 Å². The summed E-state index contributed by atoms with van der Waals surface area (Å²) in [6.45, 7) is 11.0. The van der Waals surface area contributed by atoms with Gasteiger partial charge in [-0.1, -0.05) is 20.8 Å². The fourth-order valence-electron chi connectivity index (χ4n) is 2.69. The van der Waals surface area contributed by atoms with Crippen molar-refractivity contribution in [2.75, 3.05) is 6.61 Å². The standard InChI is InChI=1S/C13H24N2O3Si/c1-12(2,3)9-6-13(8-14,18-11(15)16)10(9)7-17-19(4)5/h9-10,19H,6-7H2,1-5H3,(H2,15,16). The Balaban J connectivity index is 2.88. The van der Waals surface area contributed by atoms with Crippen molar-refractivity contribution >= 4 is 15.1 Å². The molecule has 0 heterocycles. The number of nitriles is 1. The molecule has 5 nitrogen and oxygen atoms in total. The maximum absolute atomic E-state index is 11.0. The Morgan fingerprint density at radius 3 is 2.47 bits per heavy atom. The largest absolute Gasteiger partial charge is 0.427 e. The van der Waals surface area contributed by atoms with Gasteiger partial charge in [-0.25, -0.2) is 4.79 Å². The van der Waals surface area contributed by atoms with Crippen molar-refractivity contribution in [3.05, 3.63) is 0 Å². The number of hydrogen-bond donors (Lipinski definition) is 1. The molecule has 0 aromatic carbocycles. The first kappa shape index (κ1) is 16.0. The second-order valence-corrected chi connectivity index (χ2v) is 9.02. The van der Waals surface area contributed by atoms with Crippen LogP contribution in [-0.2, 0) is 9.16 Å². The van der Waals surface area contributed by atoms with Gasteiger partial charge in [-0.15, -0.1) is 0 Å². The molecule has 1 amide bonds. The molecule has 0 aromatic heterocycles. The fourth-order valence-corrected chi connectivity index (χ4v) is 3.28. The zero-order chi connectivity index (χ0) is 14.8. The maximum atomic E-state index is 11.0. The number of ether oxygens (including phenoxy) is 1. The van der Waals surface area contributed by atoms with Gasteiger partial charge in [-0.3, -0.25) is 0 Å². The van der Waals surface area contributed by atoms with Crippen LogP contribution in [0.25, 0.3) is 0 Å². The van der Waals surface area contributed by atoms with E-state index in [0.717, 1.165) is 0 Å². The molecule has 1 aliphatic rings. The summed E-state index contributed by atoms with van der Waals surface area (Å²) in [5.74, 6) is 0.194. The van der Waals surface area contributed by atoms with Gasteiger partial charge in [0, 0.05) is 18.9 Å². The van der Waals surface area contributed by atoms with Crippen molar-refractivity contribution in [2.45, 2.75) is 45.9 Å². The Morgan fingerprint density at radius 2 is 2.11 bits per heavy atom. The van der Waals surface area contributed by atoms with Crippen molar-refractivity contribution in [2.24, 2.45) is 23.0 Å². The molecule has 1 aliphatic carbocycles. The van der Waals surface area contributed by atoms with Gasteiger partial charge in [-0.2, -0.15) is 5.26 Å². The molecule has 1 rings (SSSR count). The number of rotatable bonds is 4. The number of nitrogens with zero attached hydrogens (tertiary/aromatic N) is 1. The summed E-state index contributed by atoms with van der Waals surface area (Å²) in [6, 6.07) is 2.13. The van der Waals surface area contributed by atoms with E-state index in [-0.39, 0.29) is 11.3 Å². The second-order valence-electron chi connectivity index (χ2n) is 6.59. The third-order valence-electron chi connectivity index (χ3n) is 3.80. The number of carbonyl (C=O) groups excluding carboxylic acids is 1. The van der Waals surface area contributed by atoms with E-state index in [1.165, 1.54) is 0 Å². The molecule has 3 atom stereocenters. The van der Waals surface area contributed by atoms with Crippen molar-refractivity contribution < 1.29 is 14.0 Å². The average Bonchev–Trinajstić information content (AvgIpc) is 2.21. The third-order valence-corrected chi connectivity index (χ3v) is 4.66. The second kappa shape index (κ2) is 5.51. The fraction of sp³-hybridized carbons (Fsp3) is 0.846. The molecule has 0 aromatic rings. The van der Waals surface area contributed by atoms with E-state index in [4.69, 9.17) is 14.9 Å². The summed E-state index contributed by atoms with van der Waals surface area (Å²) < 4.78 is 10.9. The van der Waals surface area contributed by atoms with E-state index in [9.17, 15) is 10.1 Å². The van der Waals surface area contributed by atoms with Crippen LogP contribution in [0.15, 0.2) is 0 Å². The number of primary amides is 1. The summed E-state index contributed by atoms with van der Waals surface area (Å²) in [6.07, 6.45) is -0.357. The maximum Gasteiger partial charge on any atom is 0.406 e. The molecule has 0 spiro atoms.